The van der Waals surface area contributed by atoms with Crippen LogP contribution in [0, 0.1) is 6.92 Å². The Morgan fingerprint density at radius 2 is 1.86 bits per heavy atom. The van der Waals surface area contributed by atoms with Gasteiger partial charge in [0.2, 0.25) is 0 Å². The van der Waals surface area contributed by atoms with E-state index in [-0.39, 0.29) is 11.4 Å². The molecule has 2 aromatic rings. The summed E-state index contributed by atoms with van der Waals surface area (Å²) in [5, 5.41) is 4.44. The molecule has 0 spiro atoms. The minimum absolute atomic E-state index is 0.122. The van der Waals surface area contributed by atoms with Crippen molar-refractivity contribution < 1.29 is 9.53 Å². The Morgan fingerprint density at radius 3 is 2.38 bits per heavy atom. The molecule has 0 bridgehead atoms. The van der Waals surface area contributed by atoms with Crippen LogP contribution in [-0.4, -0.2) is 22.4 Å². The number of hydrogen-bond donors (Lipinski definition) is 0. The number of benzene rings is 1. The van der Waals surface area contributed by atoms with Crippen LogP contribution in [-0.2, 0) is 10.2 Å². The van der Waals surface area contributed by atoms with Gasteiger partial charge in [0.1, 0.15) is 0 Å². The van der Waals surface area contributed by atoms with E-state index in [1.54, 1.807) is 6.92 Å². The molecule has 1 aromatic carbocycles. The zero-order valence-electron chi connectivity index (χ0n) is 13.3. The Bertz CT molecular complexity index is 634. The molecule has 0 radical (unpaired) electrons. The maximum atomic E-state index is 11.9. The third-order valence-electron chi connectivity index (χ3n) is 3.24. The highest BCUT2D eigenvalue weighted by Gasteiger charge is 2.24. The van der Waals surface area contributed by atoms with E-state index in [9.17, 15) is 4.79 Å². The molecule has 0 aliphatic rings. The Kier molecular flexibility index (Phi) is 4.16. The number of rotatable bonds is 3. The summed E-state index contributed by atoms with van der Waals surface area (Å²) in [4.78, 5) is 11.9. The summed E-state index contributed by atoms with van der Waals surface area (Å²) in [5.41, 5.74) is 3.34. The average molecular weight is 286 g/mol. The van der Waals surface area contributed by atoms with Crippen LogP contribution >= 0.6 is 0 Å². The molecule has 2 rings (SSSR count). The number of carbonyl (C=O) groups is 1. The third kappa shape index (κ3) is 3.32. The van der Waals surface area contributed by atoms with E-state index in [1.807, 2.05) is 41.9 Å². The van der Waals surface area contributed by atoms with Crippen molar-refractivity contribution in [1.82, 2.24) is 9.78 Å². The van der Waals surface area contributed by atoms with E-state index in [1.165, 1.54) is 5.56 Å². The first-order chi connectivity index (χ1) is 9.82. The normalized spacial score (nSPS) is 11.5. The second kappa shape index (κ2) is 5.72. The second-order valence-corrected chi connectivity index (χ2v) is 6.13. The number of hydrogen-bond acceptors (Lipinski definition) is 3. The van der Waals surface area contributed by atoms with Gasteiger partial charge in [-0.25, -0.2) is 9.48 Å². The lowest BCUT2D eigenvalue weighted by molar-refractivity contribution is 0.0519. The van der Waals surface area contributed by atoms with Crippen LogP contribution in [0.2, 0.25) is 0 Å². The molecule has 0 aliphatic heterocycles. The fourth-order valence-corrected chi connectivity index (χ4v) is 2.10. The van der Waals surface area contributed by atoms with E-state index < -0.39 is 0 Å². The van der Waals surface area contributed by atoms with Gasteiger partial charge >= 0.3 is 5.97 Å². The molecule has 0 aliphatic carbocycles. The lowest BCUT2D eigenvalue weighted by Crippen LogP contribution is -2.17. The summed E-state index contributed by atoms with van der Waals surface area (Å²) < 4.78 is 6.87. The number of aromatic nitrogens is 2. The summed E-state index contributed by atoms with van der Waals surface area (Å²) in [7, 11) is 0. The van der Waals surface area contributed by atoms with Crippen molar-refractivity contribution in [3.8, 4) is 5.69 Å². The smallest absolute Gasteiger partial charge is 0.358 e. The molecule has 1 aromatic heterocycles. The number of aryl methyl sites for hydroxylation is 1. The molecular weight excluding hydrogens is 264 g/mol. The standard InChI is InChI=1S/C17H22N2O2/c1-6-21-16(20)14-11-15(17(3,4)5)19(18-14)13-9-7-12(2)8-10-13/h7-11H,6H2,1-5H3. The van der Waals surface area contributed by atoms with Crippen molar-refractivity contribution in [3.05, 3.63) is 47.3 Å². The van der Waals surface area contributed by atoms with E-state index in [4.69, 9.17) is 4.74 Å². The van der Waals surface area contributed by atoms with Crippen molar-refractivity contribution in [3.63, 3.8) is 0 Å². The minimum atomic E-state index is -0.381. The Morgan fingerprint density at radius 1 is 1.24 bits per heavy atom. The van der Waals surface area contributed by atoms with Crippen LogP contribution in [0.15, 0.2) is 30.3 Å². The quantitative estimate of drug-likeness (QED) is 0.809. The van der Waals surface area contributed by atoms with Crippen molar-refractivity contribution >= 4 is 5.97 Å². The van der Waals surface area contributed by atoms with Crippen molar-refractivity contribution in [1.29, 1.82) is 0 Å². The molecule has 0 fully saturated rings. The Balaban J connectivity index is 2.52. The van der Waals surface area contributed by atoms with Gasteiger partial charge in [-0.05, 0) is 32.0 Å². The summed E-state index contributed by atoms with van der Waals surface area (Å²) in [6.07, 6.45) is 0. The molecule has 4 heteroatoms. The summed E-state index contributed by atoms with van der Waals surface area (Å²) >= 11 is 0. The zero-order valence-corrected chi connectivity index (χ0v) is 13.3. The van der Waals surface area contributed by atoms with Gasteiger partial charge in [-0.2, -0.15) is 5.10 Å². The van der Waals surface area contributed by atoms with E-state index >= 15 is 0 Å². The first-order valence-corrected chi connectivity index (χ1v) is 7.17. The fourth-order valence-electron chi connectivity index (χ4n) is 2.10. The van der Waals surface area contributed by atoms with Gasteiger partial charge in [-0.3, -0.25) is 0 Å². The second-order valence-electron chi connectivity index (χ2n) is 6.13. The topological polar surface area (TPSA) is 44.1 Å². The molecule has 0 atom stereocenters. The molecule has 0 saturated carbocycles. The van der Waals surface area contributed by atoms with Crippen LogP contribution in [0.4, 0.5) is 0 Å². The van der Waals surface area contributed by atoms with Crippen LogP contribution < -0.4 is 0 Å². The summed E-state index contributed by atoms with van der Waals surface area (Å²) in [5.74, 6) is -0.381. The van der Waals surface area contributed by atoms with Gasteiger partial charge in [-0.15, -0.1) is 0 Å². The van der Waals surface area contributed by atoms with Gasteiger partial charge in [0.05, 0.1) is 18.0 Å². The van der Waals surface area contributed by atoms with Crippen LogP contribution in [0.25, 0.3) is 5.69 Å². The predicted octanol–water partition coefficient (Wildman–Crippen LogP) is 3.65. The maximum absolute atomic E-state index is 11.9. The largest absolute Gasteiger partial charge is 0.461 e. The molecule has 4 nitrogen and oxygen atoms in total. The lowest BCUT2D eigenvalue weighted by Gasteiger charge is -2.20. The molecule has 0 N–H and O–H groups in total. The van der Waals surface area contributed by atoms with Crippen molar-refractivity contribution in [2.75, 3.05) is 6.61 Å². The van der Waals surface area contributed by atoms with Gasteiger partial charge in [0.15, 0.2) is 5.69 Å². The van der Waals surface area contributed by atoms with Crippen LogP contribution in [0.1, 0.15) is 49.4 Å². The lowest BCUT2D eigenvalue weighted by atomic mass is 9.91. The molecule has 0 saturated heterocycles. The highest BCUT2D eigenvalue weighted by Crippen LogP contribution is 2.26. The monoisotopic (exact) mass is 286 g/mol. The first-order valence-electron chi connectivity index (χ1n) is 7.17. The minimum Gasteiger partial charge on any atom is -0.461 e. The van der Waals surface area contributed by atoms with Gasteiger partial charge in [0.25, 0.3) is 0 Å². The summed E-state index contributed by atoms with van der Waals surface area (Å²) in [6, 6.07) is 9.90. The summed E-state index contributed by atoms with van der Waals surface area (Å²) in [6.45, 7) is 10.5. The molecule has 0 amide bonds. The predicted molar refractivity (Wildman–Crippen MR) is 83.0 cm³/mol. The van der Waals surface area contributed by atoms with Crippen LogP contribution in [0.3, 0.4) is 0 Å². The van der Waals surface area contributed by atoms with Crippen LogP contribution in [0.5, 0.6) is 0 Å². The highest BCUT2D eigenvalue weighted by molar-refractivity contribution is 5.87. The SMILES string of the molecule is CCOC(=O)c1cc(C(C)(C)C)n(-c2ccc(C)cc2)n1. The molecule has 1 heterocycles. The molecule has 0 unspecified atom stereocenters. The van der Waals surface area contributed by atoms with E-state index in [0.29, 0.717) is 12.3 Å². The number of esters is 1. The highest BCUT2D eigenvalue weighted by atomic mass is 16.5. The van der Waals surface area contributed by atoms with Gasteiger partial charge in [-0.1, -0.05) is 38.5 Å². The van der Waals surface area contributed by atoms with E-state index in [0.717, 1.165) is 11.4 Å². The van der Waals surface area contributed by atoms with Crippen molar-refractivity contribution in [2.45, 2.75) is 40.0 Å². The van der Waals surface area contributed by atoms with Gasteiger partial charge < -0.3 is 4.74 Å². The zero-order chi connectivity index (χ0) is 15.6. The average Bonchev–Trinajstić information content (AvgIpc) is 2.85. The molecular formula is C17H22N2O2. The number of ether oxygens (including phenoxy) is 1. The Hall–Kier alpha value is -2.10. The first kappa shape index (κ1) is 15.3. The Labute approximate surface area is 125 Å². The van der Waals surface area contributed by atoms with Gasteiger partial charge in [0, 0.05) is 5.41 Å². The van der Waals surface area contributed by atoms with E-state index in [2.05, 4.69) is 25.9 Å². The fraction of sp³-hybridized carbons (Fsp3) is 0.412. The van der Waals surface area contributed by atoms with Crippen molar-refractivity contribution in [2.24, 2.45) is 0 Å². The maximum Gasteiger partial charge on any atom is 0.358 e. The number of nitrogens with zero attached hydrogens (tertiary/aromatic N) is 2. The third-order valence-corrected chi connectivity index (χ3v) is 3.24. The molecule has 112 valence electrons. The molecule has 21 heavy (non-hydrogen) atoms. The number of carbonyl (C=O) groups excluding carboxylic acids is 1.